The van der Waals surface area contributed by atoms with E-state index in [0.29, 0.717) is 42.8 Å². The van der Waals surface area contributed by atoms with Crippen LogP contribution in [0.5, 0.6) is 0 Å². The molecule has 2 aliphatic rings. The average molecular weight is 494 g/mol. The van der Waals surface area contributed by atoms with Crippen LogP contribution >= 0.6 is 11.6 Å². The number of nitrogens with zero attached hydrogens (tertiary/aromatic N) is 4. The smallest absolute Gasteiger partial charge is 0.252 e. The molecule has 0 radical (unpaired) electrons. The molecule has 180 valence electrons. The molecule has 0 atom stereocenters. The summed E-state index contributed by atoms with van der Waals surface area (Å²) in [6.07, 6.45) is 3.44. The van der Waals surface area contributed by atoms with E-state index >= 15 is 0 Å². The molecule has 0 aliphatic heterocycles. The summed E-state index contributed by atoms with van der Waals surface area (Å²) in [5, 5.41) is 6.13. The van der Waals surface area contributed by atoms with Crippen LogP contribution < -0.4 is 16.4 Å². The van der Waals surface area contributed by atoms with E-state index in [4.69, 9.17) is 17.3 Å². The maximum absolute atomic E-state index is 14.5. The normalized spacial score (nSPS) is 22.4. The number of hydrogen-bond acceptors (Lipinski definition) is 6. The molecular formula is C22H23ClF3N7O. The lowest BCUT2D eigenvalue weighted by atomic mass is 9.85. The Hall–Kier alpha value is -3.08. The van der Waals surface area contributed by atoms with Gasteiger partial charge in [0.2, 0.25) is 17.8 Å². The van der Waals surface area contributed by atoms with Crippen LogP contribution in [0.3, 0.4) is 0 Å². The van der Waals surface area contributed by atoms with Crippen LogP contribution in [-0.4, -0.2) is 37.4 Å². The number of fused-ring (bicyclic) bond motifs is 1. The molecule has 12 heteroatoms. The molecule has 2 heterocycles. The summed E-state index contributed by atoms with van der Waals surface area (Å²) in [5.41, 5.74) is 6.49. The Morgan fingerprint density at radius 2 is 1.91 bits per heavy atom. The number of imidazole rings is 1. The molecular weight excluding hydrogens is 471 g/mol. The van der Waals surface area contributed by atoms with Gasteiger partial charge in [0.25, 0.3) is 5.92 Å². The van der Waals surface area contributed by atoms with Crippen molar-refractivity contribution in [3.63, 3.8) is 0 Å². The first kappa shape index (κ1) is 22.7. The van der Waals surface area contributed by atoms with Gasteiger partial charge in [0.1, 0.15) is 11.3 Å². The number of rotatable bonds is 6. The van der Waals surface area contributed by atoms with E-state index in [-0.39, 0.29) is 47.4 Å². The average Bonchev–Trinajstić information content (AvgIpc) is 3.12. The molecule has 0 spiro atoms. The van der Waals surface area contributed by atoms with Crippen LogP contribution in [0.4, 0.5) is 30.8 Å². The van der Waals surface area contributed by atoms with Crippen molar-refractivity contribution in [1.29, 1.82) is 0 Å². The number of primary amides is 1. The largest absolute Gasteiger partial charge is 0.369 e. The number of para-hydroxylation sites is 1. The van der Waals surface area contributed by atoms with Gasteiger partial charge in [0.05, 0.1) is 16.9 Å². The van der Waals surface area contributed by atoms with Crippen molar-refractivity contribution < 1.29 is 18.0 Å². The maximum Gasteiger partial charge on any atom is 0.252 e. The van der Waals surface area contributed by atoms with Gasteiger partial charge >= 0.3 is 0 Å². The lowest BCUT2D eigenvalue weighted by Gasteiger charge is -2.35. The number of nitrogens with two attached hydrogens (primary N) is 1. The summed E-state index contributed by atoms with van der Waals surface area (Å²) in [4.78, 5) is 25.0. The lowest BCUT2D eigenvalue weighted by Crippen LogP contribution is -2.44. The van der Waals surface area contributed by atoms with Gasteiger partial charge in [-0.3, -0.25) is 9.36 Å². The zero-order chi connectivity index (χ0) is 24.0. The fraction of sp³-hybridized carbons (Fsp3) is 0.455. The predicted octanol–water partition coefficient (Wildman–Crippen LogP) is 4.79. The first-order valence-corrected chi connectivity index (χ1v) is 11.5. The number of hydrogen-bond donors (Lipinski definition) is 3. The minimum absolute atomic E-state index is 0.0783. The van der Waals surface area contributed by atoms with Gasteiger partial charge in [0, 0.05) is 30.8 Å². The molecule has 4 N–H and O–H groups in total. The molecule has 3 aromatic rings. The van der Waals surface area contributed by atoms with Crippen molar-refractivity contribution in [3.8, 4) is 0 Å². The number of alkyl halides is 2. The molecule has 0 unspecified atom stereocenters. The molecule has 2 fully saturated rings. The molecule has 0 bridgehead atoms. The molecule has 0 saturated heterocycles. The van der Waals surface area contributed by atoms with Crippen molar-refractivity contribution in [2.24, 2.45) is 11.7 Å². The minimum atomic E-state index is -2.67. The van der Waals surface area contributed by atoms with Gasteiger partial charge in [-0.2, -0.15) is 4.98 Å². The summed E-state index contributed by atoms with van der Waals surface area (Å²) in [7, 11) is 0. The third-order valence-electron chi connectivity index (χ3n) is 6.52. The monoisotopic (exact) mass is 493 g/mol. The van der Waals surface area contributed by atoms with Crippen molar-refractivity contribution in [2.45, 2.75) is 56.5 Å². The summed E-state index contributed by atoms with van der Waals surface area (Å²) in [5.74, 6) is -3.18. The molecule has 8 nitrogen and oxygen atoms in total. The third-order valence-corrected chi connectivity index (χ3v) is 6.83. The summed E-state index contributed by atoms with van der Waals surface area (Å²) in [6.45, 7) is 0. The number of benzene rings is 1. The fourth-order valence-electron chi connectivity index (χ4n) is 4.69. The predicted molar refractivity (Wildman–Crippen MR) is 122 cm³/mol. The van der Waals surface area contributed by atoms with Gasteiger partial charge in [0.15, 0.2) is 5.65 Å². The Bertz CT molecular complexity index is 1210. The number of carbonyl (C=O) groups is 1. The van der Waals surface area contributed by atoms with Crippen LogP contribution in [0.2, 0.25) is 5.02 Å². The van der Waals surface area contributed by atoms with Crippen molar-refractivity contribution >= 4 is 46.3 Å². The molecule has 34 heavy (non-hydrogen) atoms. The zero-order valence-corrected chi connectivity index (χ0v) is 18.8. The first-order chi connectivity index (χ1) is 16.2. The Morgan fingerprint density at radius 1 is 1.18 bits per heavy atom. The van der Waals surface area contributed by atoms with E-state index in [1.54, 1.807) is 6.07 Å². The van der Waals surface area contributed by atoms with Gasteiger partial charge in [-0.05, 0) is 37.8 Å². The second kappa shape index (κ2) is 8.61. The second-order valence-corrected chi connectivity index (χ2v) is 9.35. The molecule has 5 rings (SSSR count). The summed E-state index contributed by atoms with van der Waals surface area (Å²) >= 11 is 6.21. The van der Waals surface area contributed by atoms with Crippen LogP contribution in [0.1, 0.15) is 44.6 Å². The highest BCUT2D eigenvalue weighted by Crippen LogP contribution is 2.40. The zero-order valence-electron chi connectivity index (χ0n) is 18.1. The number of halogens is 4. The highest BCUT2D eigenvalue weighted by molar-refractivity contribution is 6.33. The fourth-order valence-corrected chi connectivity index (χ4v) is 4.90. The van der Waals surface area contributed by atoms with Gasteiger partial charge in [-0.15, -0.1) is 0 Å². The van der Waals surface area contributed by atoms with E-state index in [1.807, 2.05) is 4.57 Å². The van der Waals surface area contributed by atoms with E-state index in [0.717, 1.165) is 0 Å². The van der Waals surface area contributed by atoms with Crippen molar-refractivity contribution in [1.82, 2.24) is 19.5 Å². The van der Waals surface area contributed by atoms with Gasteiger partial charge in [-0.1, -0.05) is 17.7 Å². The number of nitrogens with one attached hydrogen (secondary N) is 2. The minimum Gasteiger partial charge on any atom is -0.369 e. The lowest BCUT2D eigenvalue weighted by molar-refractivity contribution is -0.122. The standard InChI is InChI=1S/C22H23ClF3N7O/c23-14-2-1-3-15(24)17(14)31-21-30-16-10-28-20(29-12-8-22(25,26)9-12)32-19(16)33(21)13-6-4-11(5-7-13)18(27)34/h1-3,10-13H,4-9H2,(H2,27,34)(H,30,31)(H,28,29,32)/t11-,13+. The second-order valence-electron chi connectivity index (χ2n) is 8.94. The maximum atomic E-state index is 14.5. The Kier molecular flexibility index (Phi) is 5.75. The van der Waals surface area contributed by atoms with E-state index in [2.05, 4.69) is 25.6 Å². The quantitative estimate of drug-likeness (QED) is 0.455. The van der Waals surface area contributed by atoms with Crippen LogP contribution in [0, 0.1) is 11.7 Å². The number of anilines is 3. The third kappa shape index (κ3) is 4.36. The SMILES string of the molecule is NC(=O)[C@H]1CC[C@@H](n2c(Nc3c(F)cccc3Cl)nc3cnc(NC4CC(F)(F)C4)nc32)CC1. The van der Waals surface area contributed by atoms with E-state index in [9.17, 15) is 18.0 Å². The summed E-state index contributed by atoms with van der Waals surface area (Å²) < 4.78 is 42.8. The highest BCUT2D eigenvalue weighted by atomic mass is 35.5. The molecule has 2 aliphatic carbocycles. The van der Waals surface area contributed by atoms with Crippen molar-refractivity contribution in [2.75, 3.05) is 10.6 Å². The van der Waals surface area contributed by atoms with Crippen LogP contribution in [-0.2, 0) is 4.79 Å². The highest BCUT2D eigenvalue weighted by Gasteiger charge is 2.45. The summed E-state index contributed by atoms with van der Waals surface area (Å²) in [6, 6.07) is 3.85. The molecule has 2 saturated carbocycles. The molecule has 1 aromatic carbocycles. The van der Waals surface area contributed by atoms with Crippen LogP contribution in [0.15, 0.2) is 24.4 Å². The van der Waals surface area contributed by atoms with E-state index in [1.165, 1.54) is 18.3 Å². The number of carbonyl (C=O) groups excluding carboxylic acids is 1. The first-order valence-electron chi connectivity index (χ1n) is 11.1. The van der Waals surface area contributed by atoms with E-state index < -0.39 is 17.8 Å². The van der Waals surface area contributed by atoms with Gasteiger partial charge in [-0.25, -0.2) is 23.1 Å². The Balaban J connectivity index is 1.51. The molecule has 2 aromatic heterocycles. The Labute approximate surface area is 198 Å². The van der Waals surface area contributed by atoms with Crippen LogP contribution in [0.25, 0.3) is 11.2 Å². The number of aromatic nitrogens is 4. The Morgan fingerprint density at radius 3 is 2.56 bits per heavy atom. The van der Waals surface area contributed by atoms with Gasteiger partial charge < -0.3 is 16.4 Å². The number of amides is 1. The molecule has 1 amide bonds. The van der Waals surface area contributed by atoms with Crippen molar-refractivity contribution in [3.05, 3.63) is 35.2 Å². The topological polar surface area (TPSA) is 111 Å².